The van der Waals surface area contributed by atoms with Gasteiger partial charge < -0.3 is 22.1 Å². The van der Waals surface area contributed by atoms with E-state index < -0.39 is 0 Å². The van der Waals surface area contributed by atoms with Gasteiger partial charge in [-0.3, -0.25) is 10.2 Å². The third kappa shape index (κ3) is 5.68. The second kappa shape index (κ2) is 10.4. The van der Waals surface area contributed by atoms with Crippen LogP contribution in [-0.4, -0.2) is 31.4 Å². The van der Waals surface area contributed by atoms with Crippen molar-refractivity contribution in [2.75, 3.05) is 19.6 Å². The second-order valence-corrected chi connectivity index (χ2v) is 8.32. The van der Waals surface area contributed by atoms with Gasteiger partial charge in [0.25, 0.3) is 0 Å². The van der Waals surface area contributed by atoms with Gasteiger partial charge in [-0.15, -0.1) is 0 Å². The van der Waals surface area contributed by atoms with E-state index in [1.165, 1.54) is 5.56 Å². The third-order valence-corrected chi connectivity index (χ3v) is 6.28. The van der Waals surface area contributed by atoms with E-state index in [2.05, 4.69) is 34.9 Å². The van der Waals surface area contributed by atoms with Gasteiger partial charge in [0.1, 0.15) is 5.84 Å². The average Bonchev–Trinajstić information content (AvgIpc) is 2.79. The molecule has 0 unspecified atom stereocenters. The molecule has 1 saturated carbocycles. The summed E-state index contributed by atoms with van der Waals surface area (Å²) in [4.78, 5) is 12.2. The molecule has 0 aliphatic heterocycles. The highest BCUT2D eigenvalue weighted by atomic mass is 16.1. The molecule has 0 atom stereocenters. The Labute approximate surface area is 178 Å². The molecule has 0 saturated heterocycles. The first-order valence-corrected chi connectivity index (χ1v) is 10.7. The van der Waals surface area contributed by atoms with E-state index in [1.54, 1.807) is 6.07 Å². The van der Waals surface area contributed by atoms with E-state index in [-0.39, 0.29) is 23.7 Å². The number of hydrogen-bond acceptors (Lipinski definition) is 4. The van der Waals surface area contributed by atoms with Gasteiger partial charge in [0, 0.05) is 30.6 Å². The zero-order valence-corrected chi connectivity index (χ0v) is 17.5. The van der Waals surface area contributed by atoms with E-state index in [0.717, 1.165) is 37.8 Å². The molecule has 0 aromatic heterocycles. The molecule has 6 nitrogen and oxygen atoms in total. The Kier molecular flexibility index (Phi) is 7.60. The summed E-state index contributed by atoms with van der Waals surface area (Å²) in [6.45, 7) is 2.22. The zero-order chi connectivity index (χ0) is 21.4. The molecule has 0 heterocycles. The number of benzene rings is 2. The van der Waals surface area contributed by atoms with Crippen LogP contribution in [0.5, 0.6) is 0 Å². The molecule has 1 amide bonds. The van der Waals surface area contributed by atoms with Crippen molar-refractivity contribution in [2.24, 2.45) is 17.4 Å². The summed E-state index contributed by atoms with van der Waals surface area (Å²) in [6.07, 6.45) is 4.30. The second-order valence-electron chi connectivity index (χ2n) is 8.32. The largest absolute Gasteiger partial charge is 0.384 e. The van der Waals surface area contributed by atoms with E-state index in [0.29, 0.717) is 24.6 Å². The van der Waals surface area contributed by atoms with E-state index >= 15 is 0 Å². The van der Waals surface area contributed by atoms with Crippen LogP contribution >= 0.6 is 0 Å². The lowest BCUT2D eigenvalue weighted by atomic mass is 9.66. The maximum Gasteiger partial charge on any atom is 0.233 e. The predicted molar refractivity (Wildman–Crippen MR) is 121 cm³/mol. The van der Waals surface area contributed by atoms with Gasteiger partial charge in [-0.25, -0.2) is 0 Å². The molecule has 0 spiro atoms. The monoisotopic (exact) mass is 407 g/mol. The van der Waals surface area contributed by atoms with Gasteiger partial charge >= 0.3 is 0 Å². The number of carbonyl (C=O) groups is 1. The van der Waals surface area contributed by atoms with Crippen molar-refractivity contribution in [2.45, 2.75) is 37.6 Å². The Morgan fingerprint density at radius 2 is 1.83 bits per heavy atom. The lowest BCUT2D eigenvalue weighted by Crippen LogP contribution is -2.42. The van der Waals surface area contributed by atoms with Crippen LogP contribution < -0.4 is 22.1 Å². The Morgan fingerprint density at radius 3 is 2.50 bits per heavy atom. The summed E-state index contributed by atoms with van der Waals surface area (Å²) < 4.78 is 0. The number of carbonyl (C=O) groups excluding carboxylic acids is 1. The number of nitrogens with two attached hydrogens (primary N) is 2. The maximum atomic E-state index is 12.2. The molecule has 1 aliphatic carbocycles. The van der Waals surface area contributed by atoms with Crippen molar-refractivity contribution in [3.8, 4) is 0 Å². The van der Waals surface area contributed by atoms with Crippen LogP contribution in [-0.2, 0) is 16.8 Å². The minimum Gasteiger partial charge on any atom is -0.384 e. The van der Waals surface area contributed by atoms with Gasteiger partial charge in [0.15, 0.2) is 0 Å². The number of amides is 1. The third-order valence-electron chi connectivity index (χ3n) is 6.28. The van der Waals surface area contributed by atoms with Crippen LogP contribution in [0.1, 0.15) is 42.4 Å². The summed E-state index contributed by atoms with van der Waals surface area (Å²) >= 11 is 0. The van der Waals surface area contributed by atoms with Crippen molar-refractivity contribution in [3.63, 3.8) is 0 Å². The minimum absolute atomic E-state index is 0.0106. The lowest BCUT2D eigenvalue weighted by Gasteiger charge is -2.40. The van der Waals surface area contributed by atoms with Gasteiger partial charge in [-0.05, 0) is 48.8 Å². The van der Waals surface area contributed by atoms with Crippen LogP contribution in [0.2, 0.25) is 0 Å². The van der Waals surface area contributed by atoms with Gasteiger partial charge in [-0.2, -0.15) is 0 Å². The molecule has 2 aromatic carbocycles. The highest BCUT2D eigenvalue weighted by molar-refractivity contribution is 5.95. The van der Waals surface area contributed by atoms with Gasteiger partial charge in [-0.1, -0.05) is 48.5 Å². The minimum atomic E-state index is 0.0106. The molecule has 3 rings (SSSR count). The topological polar surface area (TPSA) is 117 Å². The first-order chi connectivity index (χ1) is 14.5. The molecule has 0 bridgehead atoms. The SMILES string of the molecule is N=C(N)c1cccc(CNCC(=O)NCC2CCC(CN)(c3ccccc3)CC2)c1. The van der Waals surface area contributed by atoms with Crippen LogP contribution in [0.4, 0.5) is 0 Å². The standard InChI is InChI=1S/C24H33N5O/c25-17-24(21-7-2-1-3-8-21)11-9-18(10-12-24)15-29-22(30)16-28-14-19-5-4-6-20(13-19)23(26)27/h1-8,13,18,28H,9-12,14-17,25H2,(H3,26,27)(H,29,30). The zero-order valence-electron chi connectivity index (χ0n) is 17.5. The quantitative estimate of drug-likeness (QED) is 0.324. The normalized spacial score (nSPS) is 21.2. The van der Waals surface area contributed by atoms with E-state index in [1.807, 2.05) is 24.3 Å². The highest BCUT2D eigenvalue weighted by Gasteiger charge is 2.35. The molecule has 2 aromatic rings. The summed E-state index contributed by atoms with van der Waals surface area (Å²) in [7, 11) is 0. The molecular weight excluding hydrogens is 374 g/mol. The number of hydrogen-bond donors (Lipinski definition) is 5. The van der Waals surface area contributed by atoms with Crippen LogP contribution in [0, 0.1) is 11.3 Å². The Bertz CT molecular complexity index is 844. The Morgan fingerprint density at radius 1 is 1.10 bits per heavy atom. The number of nitrogens with one attached hydrogen (secondary N) is 3. The number of nitrogen functional groups attached to an aromatic ring is 1. The van der Waals surface area contributed by atoms with Crippen molar-refractivity contribution in [3.05, 3.63) is 71.3 Å². The summed E-state index contributed by atoms with van der Waals surface area (Å²) in [5.41, 5.74) is 14.8. The number of amidine groups is 1. The average molecular weight is 408 g/mol. The smallest absolute Gasteiger partial charge is 0.233 e. The Balaban J connectivity index is 1.39. The molecule has 6 heteroatoms. The molecule has 30 heavy (non-hydrogen) atoms. The van der Waals surface area contributed by atoms with Crippen molar-refractivity contribution in [1.82, 2.24) is 10.6 Å². The lowest BCUT2D eigenvalue weighted by molar-refractivity contribution is -0.120. The van der Waals surface area contributed by atoms with E-state index in [4.69, 9.17) is 16.9 Å². The first-order valence-electron chi connectivity index (χ1n) is 10.7. The van der Waals surface area contributed by atoms with Crippen LogP contribution in [0.3, 0.4) is 0 Å². The van der Waals surface area contributed by atoms with Crippen LogP contribution in [0.15, 0.2) is 54.6 Å². The molecule has 1 fully saturated rings. The van der Waals surface area contributed by atoms with Crippen LogP contribution in [0.25, 0.3) is 0 Å². The van der Waals surface area contributed by atoms with Crippen molar-refractivity contribution >= 4 is 11.7 Å². The predicted octanol–water partition coefficient (Wildman–Crippen LogP) is 2.26. The van der Waals surface area contributed by atoms with Crippen molar-refractivity contribution < 1.29 is 4.79 Å². The molecule has 0 radical (unpaired) electrons. The van der Waals surface area contributed by atoms with E-state index in [9.17, 15) is 4.79 Å². The molecule has 1 aliphatic rings. The summed E-state index contributed by atoms with van der Waals surface area (Å²) in [5.74, 6) is 0.564. The fourth-order valence-corrected chi connectivity index (χ4v) is 4.33. The fraction of sp³-hybridized carbons (Fsp3) is 0.417. The molecule has 160 valence electrons. The Hall–Kier alpha value is -2.70. The summed E-state index contributed by atoms with van der Waals surface area (Å²) in [6, 6.07) is 18.1. The molecular formula is C24H33N5O. The highest BCUT2D eigenvalue weighted by Crippen LogP contribution is 2.40. The number of rotatable bonds is 9. The first kappa shape index (κ1) is 22.0. The van der Waals surface area contributed by atoms with Gasteiger partial charge in [0.05, 0.1) is 6.54 Å². The summed E-state index contributed by atoms with van der Waals surface area (Å²) in [5, 5.41) is 13.7. The van der Waals surface area contributed by atoms with Crippen molar-refractivity contribution in [1.29, 1.82) is 5.41 Å². The maximum absolute atomic E-state index is 12.2. The van der Waals surface area contributed by atoms with Gasteiger partial charge in [0.2, 0.25) is 5.91 Å². The fourth-order valence-electron chi connectivity index (χ4n) is 4.33. The molecule has 7 N–H and O–H groups in total.